The number of benzene rings is 1. The first-order chi connectivity index (χ1) is 8.13. The molecular weight excluding hydrogens is 236 g/mol. The van der Waals surface area contributed by atoms with Crippen LogP contribution in [0.2, 0.25) is 0 Å². The van der Waals surface area contributed by atoms with E-state index in [1.807, 2.05) is 37.3 Å². The fraction of sp³-hybridized carbons (Fsp3) is 0.462. The van der Waals surface area contributed by atoms with Gasteiger partial charge in [0.15, 0.2) is 0 Å². The fourth-order valence-electron chi connectivity index (χ4n) is 1.38. The van der Waals surface area contributed by atoms with Gasteiger partial charge in [-0.05, 0) is 23.7 Å². The van der Waals surface area contributed by atoms with E-state index in [1.165, 1.54) is 11.8 Å². The molecule has 0 aliphatic heterocycles. The maximum atomic E-state index is 11.1. The number of aliphatic hydroxyl groups excluding tert-OH is 1. The third kappa shape index (κ3) is 5.24. The first kappa shape index (κ1) is 14.1. The van der Waals surface area contributed by atoms with Crippen molar-refractivity contribution in [2.24, 2.45) is 5.92 Å². The molecule has 94 valence electrons. The van der Waals surface area contributed by atoms with Crippen LogP contribution >= 0.6 is 11.8 Å². The van der Waals surface area contributed by atoms with Gasteiger partial charge in [0.25, 0.3) is 0 Å². The molecule has 0 saturated carbocycles. The van der Waals surface area contributed by atoms with Gasteiger partial charge in [-0.15, -0.1) is 11.8 Å². The normalized spacial score (nSPS) is 14.2. The molecule has 0 fully saturated rings. The molecule has 17 heavy (non-hydrogen) atoms. The maximum absolute atomic E-state index is 11.1. The monoisotopic (exact) mass is 254 g/mol. The fourth-order valence-corrected chi connectivity index (χ4v) is 2.50. The number of aliphatic hydroxyl groups is 1. The second-order valence-electron chi connectivity index (χ2n) is 4.14. The minimum atomic E-state index is -0.788. The Morgan fingerprint density at radius 2 is 2.00 bits per heavy atom. The number of thioether (sulfide) groups is 1. The summed E-state index contributed by atoms with van der Waals surface area (Å²) in [5, 5.41) is 17.6. The molecule has 0 radical (unpaired) electrons. The molecule has 1 aromatic carbocycles. The summed E-state index contributed by atoms with van der Waals surface area (Å²) in [4.78, 5) is 11.1. The van der Waals surface area contributed by atoms with E-state index in [0.717, 1.165) is 5.56 Å². The molecule has 4 heteroatoms. The first-order valence-electron chi connectivity index (χ1n) is 5.62. The summed E-state index contributed by atoms with van der Waals surface area (Å²) in [6.07, 6.45) is 0.527. The second kappa shape index (κ2) is 7.35. The van der Waals surface area contributed by atoms with Gasteiger partial charge in [-0.1, -0.05) is 37.3 Å². The topological polar surface area (TPSA) is 57.5 Å². The molecule has 0 bridgehead atoms. The van der Waals surface area contributed by atoms with Crippen LogP contribution in [-0.4, -0.2) is 33.8 Å². The standard InChI is InChI=1S/C13H18O3S/c1-10(8-14)9-17-12(13(15)16)7-11-5-3-2-4-6-11/h2-6,10,12,14H,7-9H2,1H3,(H,15,16). The zero-order valence-corrected chi connectivity index (χ0v) is 10.7. The second-order valence-corrected chi connectivity index (χ2v) is 5.37. The van der Waals surface area contributed by atoms with Crippen molar-refractivity contribution in [1.82, 2.24) is 0 Å². The van der Waals surface area contributed by atoms with Gasteiger partial charge in [0.05, 0.1) is 0 Å². The lowest BCUT2D eigenvalue weighted by molar-refractivity contribution is -0.136. The summed E-state index contributed by atoms with van der Waals surface area (Å²) < 4.78 is 0. The number of carbonyl (C=O) groups is 1. The van der Waals surface area contributed by atoms with Crippen molar-refractivity contribution >= 4 is 17.7 Å². The predicted octanol–water partition coefficient (Wildman–Crippen LogP) is 2.04. The van der Waals surface area contributed by atoms with Crippen LogP contribution in [0.25, 0.3) is 0 Å². The van der Waals surface area contributed by atoms with Crippen LogP contribution in [0.15, 0.2) is 30.3 Å². The summed E-state index contributed by atoms with van der Waals surface area (Å²) in [6, 6.07) is 9.61. The largest absolute Gasteiger partial charge is 0.480 e. The number of aliphatic carboxylic acids is 1. The lowest BCUT2D eigenvalue weighted by atomic mass is 10.1. The van der Waals surface area contributed by atoms with Crippen molar-refractivity contribution in [3.63, 3.8) is 0 Å². The molecule has 2 unspecified atom stereocenters. The molecule has 0 spiro atoms. The Morgan fingerprint density at radius 3 is 2.53 bits per heavy atom. The maximum Gasteiger partial charge on any atom is 0.316 e. The molecule has 2 atom stereocenters. The molecule has 0 aliphatic rings. The third-order valence-corrected chi connectivity index (χ3v) is 3.97. The van der Waals surface area contributed by atoms with E-state index in [9.17, 15) is 4.79 Å². The van der Waals surface area contributed by atoms with Gasteiger partial charge in [-0.2, -0.15) is 0 Å². The van der Waals surface area contributed by atoms with E-state index in [2.05, 4.69) is 0 Å². The Hall–Kier alpha value is -1.00. The van der Waals surface area contributed by atoms with Crippen LogP contribution in [-0.2, 0) is 11.2 Å². The highest BCUT2D eigenvalue weighted by atomic mass is 32.2. The number of rotatable bonds is 7. The third-order valence-electron chi connectivity index (χ3n) is 2.43. The van der Waals surface area contributed by atoms with E-state index >= 15 is 0 Å². The average Bonchev–Trinajstić information content (AvgIpc) is 2.34. The molecule has 2 N–H and O–H groups in total. The van der Waals surface area contributed by atoms with Gasteiger partial charge in [0.2, 0.25) is 0 Å². The molecule has 0 aromatic heterocycles. The van der Waals surface area contributed by atoms with Crippen LogP contribution < -0.4 is 0 Å². The molecule has 0 aliphatic carbocycles. The van der Waals surface area contributed by atoms with Gasteiger partial charge in [-0.25, -0.2) is 0 Å². The van der Waals surface area contributed by atoms with E-state index in [-0.39, 0.29) is 12.5 Å². The van der Waals surface area contributed by atoms with E-state index in [4.69, 9.17) is 10.2 Å². The highest BCUT2D eigenvalue weighted by Crippen LogP contribution is 2.19. The van der Waals surface area contributed by atoms with E-state index < -0.39 is 11.2 Å². The quantitative estimate of drug-likeness (QED) is 0.782. The van der Waals surface area contributed by atoms with Crippen LogP contribution in [0.3, 0.4) is 0 Å². The minimum Gasteiger partial charge on any atom is -0.480 e. The number of hydrogen-bond acceptors (Lipinski definition) is 3. The molecule has 0 saturated heterocycles. The molecule has 0 amide bonds. The minimum absolute atomic E-state index is 0.102. The Bertz CT molecular complexity index is 340. The van der Waals surface area contributed by atoms with Gasteiger partial charge in [0.1, 0.15) is 5.25 Å². The predicted molar refractivity (Wildman–Crippen MR) is 70.3 cm³/mol. The Balaban J connectivity index is 2.52. The average molecular weight is 254 g/mol. The highest BCUT2D eigenvalue weighted by molar-refractivity contribution is 8.00. The lowest BCUT2D eigenvalue weighted by Crippen LogP contribution is -2.21. The van der Waals surface area contributed by atoms with Crippen LogP contribution in [0.1, 0.15) is 12.5 Å². The smallest absolute Gasteiger partial charge is 0.316 e. The van der Waals surface area contributed by atoms with Crippen molar-refractivity contribution in [3.05, 3.63) is 35.9 Å². The molecule has 3 nitrogen and oxygen atoms in total. The number of hydrogen-bond donors (Lipinski definition) is 2. The van der Waals surface area contributed by atoms with Crippen molar-refractivity contribution in [2.75, 3.05) is 12.4 Å². The van der Waals surface area contributed by atoms with Crippen LogP contribution in [0, 0.1) is 5.92 Å². The SMILES string of the molecule is CC(CO)CSC(Cc1ccccc1)C(=O)O. The Kier molecular flexibility index (Phi) is 6.08. The Morgan fingerprint density at radius 1 is 1.35 bits per heavy atom. The molecule has 0 heterocycles. The summed E-state index contributed by atoms with van der Waals surface area (Å²) in [6.45, 7) is 2.01. The summed E-state index contributed by atoms with van der Waals surface area (Å²) in [5.74, 6) is 0.0157. The van der Waals surface area contributed by atoms with Crippen LogP contribution in [0.5, 0.6) is 0 Å². The number of carboxylic acids is 1. The number of carboxylic acid groups (broad SMARTS) is 1. The summed E-state index contributed by atoms with van der Waals surface area (Å²) in [7, 11) is 0. The van der Waals surface area contributed by atoms with Gasteiger partial charge >= 0.3 is 5.97 Å². The first-order valence-corrected chi connectivity index (χ1v) is 6.67. The van der Waals surface area contributed by atoms with Crippen molar-refractivity contribution in [3.8, 4) is 0 Å². The molecule has 1 aromatic rings. The summed E-state index contributed by atoms with van der Waals surface area (Å²) in [5.41, 5.74) is 1.03. The van der Waals surface area contributed by atoms with Gasteiger partial charge in [0, 0.05) is 6.61 Å². The van der Waals surface area contributed by atoms with E-state index in [1.54, 1.807) is 0 Å². The summed E-state index contributed by atoms with van der Waals surface area (Å²) >= 11 is 1.40. The van der Waals surface area contributed by atoms with Gasteiger partial charge < -0.3 is 10.2 Å². The van der Waals surface area contributed by atoms with Crippen LogP contribution in [0.4, 0.5) is 0 Å². The molecule has 1 rings (SSSR count). The van der Waals surface area contributed by atoms with Crippen molar-refractivity contribution in [1.29, 1.82) is 0 Å². The van der Waals surface area contributed by atoms with E-state index in [0.29, 0.717) is 12.2 Å². The van der Waals surface area contributed by atoms with Crippen molar-refractivity contribution in [2.45, 2.75) is 18.6 Å². The highest BCUT2D eigenvalue weighted by Gasteiger charge is 2.19. The van der Waals surface area contributed by atoms with Crippen molar-refractivity contribution < 1.29 is 15.0 Å². The lowest BCUT2D eigenvalue weighted by Gasteiger charge is -2.14. The zero-order chi connectivity index (χ0) is 12.7. The molecular formula is C13H18O3S. The Labute approximate surface area is 106 Å². The van der Waals surface area contributed by atoms with Gasteiger partial charge in [-0.3, -0.25) is 4.79 Å². The zero-order valence-electron chi connectivity index (χ0n) is 9.87.